The minimum absolute atomic E-state index is 0.0718. The highest BCUT2D eigenvalue weighted by molar-refractivity contribution is 5.69. The summed E-state index contributed by atoms with van der Waals surface area (Å²) in [5.41, 5.74) is 0. The molecule has 1 rings (SSSR count). The van der Waals surface area contributed by atoms with Crippen LogP contribution in [0.3, 0.4) is 0 Å². The molecule has 0 saturated carbocycles. The highest BCUT2D eigenvalue weighted by Crippen LogP contribution is 2.14. The molecule has 158 valence electrons. The minimum Gasteiger partial charge on any atom is -0.442 e. The Bertz CT molecular complexity index is 385. The lowest BCUT2D eigenvalue weighted by Gasteiger charge is -2.22. The summed E-state index contributed by atoms with van der Waals surface area (Å²) in [6, 6.07) is 0. The summed E-state index contributed by atoms with van der Waals surface area (Å²) in [4.78, 5) is 18.0. The number of carbonyl (C=O) groups excluding carboxylic acids is 1. The molecule has 1 heterocycles. The number of aliphatic imine (C=N–C) groups is 1. The number of esters is 1. The molecule has 0 spiro atoms. The quantitative estimate of drug-likeness (QED) is 0.202. The lowest BCUT2D eigenvalue weighted by molar-refractivity contribution is -0.153. The van der Waals surface area contributed by atoms with E-state index in [0.29, 0.717) is 6.42 Å². The van der Waals surface area contributed by atoms with Crippen LogP contribution < -0.4 is 0 Å². The third kappa shape index (κ3) is 13.7. The van der Waals surface area contributed by atoms with Crippen LogP contribution in [0.4, 0.5) is 0 Å². The van der Waals surface area contributed by atoms with Crippen molar-refractivity contribution in [3.05, 3.63) is 0 Å². The van der Waals surface area contributed by atoms with Crippen molar-refractivity contribution in [1.29, 1.82) is 0 Å². The third-order valence-electron chi connectivity index (χ3n) is 5.47. The van der Waals surface area contributed by atoms with Crippen LogP contribution in [0.2, 0.25) is 0 Å². The molecule has 1 aliphatic heterocycles. The number of carbonyl (C=O) groups is 1. The monoisotopic (exact) mass is 380 g/mol. The van der Waals surface area contributed by atoms with Gasteiger partial charge in [-0.25, -0.2) is 0 Å². The molecule has 1 atom stereocenters. The Morgan fingerprint density at radius 2 is 1.37 bits per heavy atom. The van der Waals surface area contributed by atoms with Gasteiger partial charge < -0.3 is 9.64 Å². The standard InChI is InChI=1S/C23H44N2O2/c1-3-4-5-6-7-8-9-10-11-12-13-14-15-16-17-18-23(26)27-22(2)25-20-19-24-21-25/h21-22H,3-20H2,1-2H3. The maximum absolute atomic E-state index is 11.9. The maximum atomic E-state index is 11.9. The van der Waals surface area contributed by atoms with Gasteiger partial charge in [-0.05, 0) is 13.3 Å². The molecule has 0 aliphatic carbocycles. The first kappa shape index (κ1) is 24.0. The largest absolute Gasteiger partial charge is 0.442 e. The molecule has 1 aliphatic rings. The molecule has 0 radical (unpaired) electrons. The summed E-state index contributed by atoms with van der Waals surface area (Å²) < 4.78 is 5.45. The van der Waals surface area contributed by atoms with Crippen molar-refractivity contribution >= 4 is 12.3 Å². The number of hydrogen-bond acceptors (Lipinski definition) is 4. The molecule has 0 aromatic heterocycles. The molecule has 0 aromatic carbocycles. The van der Waals surface area contributed by atoms with Crippen LogP contribution in [0.25, 0.3) is 0 Å². The van der Waals surface area contributed by atoms with Crippen LogP contribution in [0.1, 0.15) is 117 Å². The van der Waals surface area contributed by atoms with Crippen LogP contribution in [-0.2, 0) is 9.53 Å². The molecular formula is C23H44N2O2. The van der Waals surface area contributed by atoms with Gasteiger partial charge >= 0.3 is 5.97 Å². The number of nitrogens with zero attached hydrogens (tertiary/aromatic N) is 2. The molecule has 0 fully saturated rings. The fourth-order valence-electron chi connectivity index (χ4n) is 3.63. The van der Waals surface area contributed by atoms with Gasteiger partial charge in [0.15, 0.2) is 6.23 Å². The van der Waals surface area contributed by atoms with E-state index in [4.69, 9.17) is 4.74 Å². The van der Waals surface area contributed by atoms with Gasteiger partial charge in [-0.1, -0.05) is 96.8 Å². The number of rotatable bonds is 18. The normalized spacial score (nSPS) is 14.7. The van der Waals surface area contributed by atoms with E-state index < -0.39 is 0 Å². The fourth-order valence-corrected chi connectivity index (χ4v) is 3.63. The van der Waals surface area contributed by atoms with Gasteiger partial charge in [0.25, 0.3) is 0 Å². The maximum Gasteiger partial charge on any atom is 0.307 e. The lowest BCUT2D eigenvalue weighted by Crippen LogP contribution is -2.34. The van der Waals surface area contributed by atoms with Gasteiger partial charge in [0.1, 0.15) is 0 Å². The molecule has 4 nitrogen and oxygen atoms in total. The van der Waals surface area contributed by atoms with Crippen LogP contribution in [0.15, 0.2) is 4.99 Å². The van der Waals surface area contributed by atoms with Crippen molar-refractivity contribution in [1.82, 2.24) is 4.90 Å². The van der Waals surface area contributed by atoms with E-state index >= 15 is 0 Å². The topological polar surface area (TPSA) is 41.9 Å². The van der Waals surface area contributed by atoms with Gasteiger partial charge in [0.05, 0.1) is 12.9 Å². The summed E-state index contributed by atoms with van der Waals surface area (Å²) in [5.74, 6) is -0.0718. The molecule has 0 bridgehead atoms. The predicted molar refractivity (Wildman–Crippen MR) is 115 cm³/mol. The lowest BCUT2D eigenvalue weighted by atomic mass is 10.0. The van der Waals surface area contributed by atoms with E-state index in [1.807, 2.05) is 11.8 Å². The molecule has 0 aromatic rings. The van der Waals surface area contributed by atoms with Gasteiger partial charge in [0, 0.05) is 13.0 Å². The molecule has 0 saturated heterocycles. The summed E-state index contributed by atoms with van der Waals surface area (Å²) in [6.45, 7) is 5.86. The second-order valence-corrected chi connectivity index (χ2v) is 8.05. The zero-order valence-corrected chi connectivity index (χ0v) is 18.1. The second-order valence-electron chi connectivity index (χ2n) is 8.05. The van der Waals surface area contributed by atoms with Crippen LogP contribution in [0, 0.1) is 0 Å². The van der Waals surface area contributed by atoms with E-state index in [1.165, 1.54) is 83.5 Å². The highest BCUT2D eigenvalue weighted by atomic mass is 16.6. The molecule has 0 N–H and O–H groups in total. The smallest absolute Gasteiger partial charge is 0.307 e. The van der Waals surface area contributed by atoms with Crippen molar-refractivity contribution in [2.75, 3.05) is 13.1 Å². The zero-order chi connectivity index (χ0) is 19.6. The summed E-state index contributed by atoms with van der Waals surface area (Å²) in [5, 5.41) is 0. The fraction of sp³-hybridized carbons (Fsp3) is 0.913. The molecular weight excluding hydrogens is 336 g/mol. The Morgan fingerprint density at radius 1 is 0.889 bits per heavy atom. The predicted octanol–water partition coefficient (Wildman–Crippen LogP) is 6.48. The molecule has 4 heteroatoms. The SMILES string of the molecule is CCCCCCCCCCCCCCCCCC(=O)OC(C)N1C=NCC1. The summed E-state index contributed by atoms with van der Waals surface area (Å²) in [6.07, 6.45) is 22.3. The highest BCUT2D eigenvalue weighted by Gasteiger charge is 2.17. The Kier molecular flexibility index (Phi) is 15.2. The summed E-state index contributed by atoms with van der Waals surface area (Å²) in [7, 11) is 0. The van der Waals surface area contributed by atoms with Crippen molar-refractivity contribution in [3.63, 3.8) is 0 Å². The van der Waals surface area contributed by atoms with E-state index in [-0.39, 0.29) is 12.2 Å². The first-order chi connectivity index (χ1) is 13.2. The van der Waals surface area contributed by atoms with Crippen LogP contribution in [-0.4, -0.2) is 36.5 Å². The van der Waals surface area contributed by atoms with Crippen molar-refractivity contribution in [3.8, 4) is 0 Å². The van der Waals surface area contributed by atoms with E-state index in [9.17, 15) is 4.79 Å². The van der Waals surface area contributed by atoms with Crippen LogP contribution in [0.5, 0.6) is 0 Å². The van der Waals surface area contributed by atoms with E-state index in [2.05, 4.69) is 11.9 Å². The molecule has 1 unspecified atom stereocenters. The van der Waals surface area contributed by atoms with Gasteiger partial charge in [0.2, 0.25) is 0 Å². The Morgan fingerprint density at radius 3 is 1.81 bits per heavy atom. The van der Waals surface area contributed by atoms with Gasteiger partial charge in [-0.15, -0.1) is 0 Å². The average Bonchev–Trinajstić information content (AvgIpc) is 3.20. The molecule has 0 amide bonds. The number of unbranched alkanes of at least 4 members (excludes halogenated alkanes) is 14. The van der Waals surface area contributed by atoms with Crippen LogP contribution >= 0.6 is 0 Å². The second kappa shape index (κ2) is 17.1. The van der Waals surface area contributed by atoms with E-state index in [1.54, 1.807) is 6.34 Å². The Hall–Kier alpha value is -1.06. The van der Waals surface area contributed by atoms with Crippen molar-refractivity contribution < 1.29 is 9.53 Å². The Labute approximate surface area is 168 Å². The number of ether oxygens (including phenoxy) is 1. The van der Waals surface area contributed by atoms with Crippen molar-refractivity contribution in [2.24, 2.45) is 4.99 Å². The third-order valence-corrected chi connectivity index (χ3v) is 5.47. The van der Waals surface area contributed by atoms with E-state index in [0.717, 1.165) is 25.9 Å². The van der Waals surface area contributed by atoms with Gasteiger partial charge in [-0.2, -0.15) is 0 Å². The average molecular weight is 381 g/mol. The molecule has 27 heavy (non-hydrogen) atoms. The van der Waals surface area contributed by atoms with Crippen molar-refractivity contribution in [2.45, 2.75) is 123 Å². The summed E-state index contributed by atoms with van der Waals surface area (Å²) >= 11 is 0. The Balaban J connectivity index is 1.77. The zero-order valence-electron chi connectivity index (χ0n) is 18.1. The first-order valence-corrected chi connectivity index (χ1v) is 11.7. The first-order valence-electron chi connectivity index (χ1n) is 11.7. The minimum atomic E-state index is -0.180. The number of hydrogen-bond donors (Lipinski definition) is 0. The van der Waals surface area contributed by atoms with Gasteiger partial charge in [-0.3, -0.25) is 9.79 Å².